The van der Waals surface area contributed by atoms with Gasteiger partial charge in [0.2, 0.25) is 11.3 Å². The van der Waals surface area contributed by atoms with Crippen LogP contribution in [0.3, 0.4) is 0 Å². The maximum atomic E-state index is 12.7. The molecule has 2 heterocycles. The predicted molar refractivity (Wildman–Crippen MR) is 110 cm³/mol. The fraction of sp³-hybridized carbons (Fsp3) is 0.227. The van der Waals surface area contributed by atoms with Gasteiger partial charge < -0.3 is 15.2 Å². The molecule has 1 aromatic heterocycles. The van der Waals surface area contributed by atoms with Crippen molar-refractivity contribution in [1.82, 2.24) is 4.98 Å². The highest BCUT2D eigenvalue weighted by Gasteiger charge is 2.20. The topological polar surface area (TPSA) is 82.3 Å². The number of aromatic amines is 1. The molecule has 6 nitrogen and oxygen atoms in total. The Kier molecular flexibility index (Phi) is 4.69. The van der Waals surface area contributed by atoms with Crippen LogP contribution in [-0.2, 0) is 11.2 Å². The molecule has 0 spiro atoms. The lowest BCUT2D eigenvalue weighted by Crippen LogP contribution is -2.29. The largest absolute Gasteiger partial charge is 0.360 e. The lowest BCUT2D eigenvalue weighted by atomic mass is 10.1. The second kappa shape index (κ2) is 7.31. The predicted octanol–water partition coefficient (Wildman–Crippen LogP) is 3.47. The lowest BCUT2D eigenvalue weighted by Gasteiger charge is -2.22. The van der Waals surface area contributed by atoms with Crippen molar-refractivity contribution in [3.05, 3.63) is 70.0 Å². The van der Waals surface area contributed by atoms with E-state index in [0.29, 0.717) is 23.1 Å². The minimum atomic E-state index is -0.477. The Bertz CT molecular complexity index is 1130. The van der Waals surface area contributed by atoms with Crippen LogP contribution in [-0.4, -0.2) is 23.3 Å². The van der Waals surface area contributed by atoms with Crippen molar-refractivity contribution in [2.24, 2.45) is 0 Å². The molecule has 4 rings (SSSR count). The normalized spacial score (nSPS) is 13.7. The fourth-order valence-corrected chi connectivity index (χ4v) is 3.67. The second-order valence-electron chi connectivity index (χ2n) is 7.00. The van der Waals surface area contributed by atoms with Crippen molar-refractivity contribution in [3.8, 4) is 0 Å². The van der Waals surface area contributed by atoms with Gasteiger partial charge >= 0.3 is 0 Å². The van der Waals surface area contributed by atoms with Crippen molar-refractivity contribution in [2.75, 3.05) is 16.8 Å². The number of benzene rings is 2. The van der Waals surface area contributed by atoms with Crippen LogP contribution in [0.15, 0.2) is 53.5 Å². The number of hydrogen-bond donors (Lipinski definition) is 2. The van der Waals surface area contributed by atoms with Gasteiger partial charge in [-0.3, -0.25) is 14.4 Å². The maximum absolute atomic E-state index is 12.7. The summed E-state index contributed by atoms with van der Waals surface area (Å²) in [5, 5.41) is 3.27. The van der Waals surface area contributed by atoms with Crippen LogP contribution in [0.5, 0.6) is 0 Å². The maximum Gasteiger partial charge on any atom is 0.261 e. The minimum absolute atomic E-state index is 0.0161. The molecule has 2 N–H and O–H groups in total. The first kappa shape index (κ1) is 18.0. The number of H-pyrrole nitrogens is 1. The summed E-state index contributed by atoms with van der Waals surface area (Å²) in [5.41, 5.74) is 2.91. The summed E-state index contributed by atoms with van der Waals surface area (Å²) in [6.07, 6.45) is 4.31. The summed E-state index contributed by atoms with van der Waals surface area (Å²) in [4.78, 5) is 42.1. The van der Waals surface area contributed by atoms with E-state index in [1.54, 1.807) is 30.0 Å². The highest BCUT2D eigenvalue weighted by atomic mass is 16.2. The number of hydrogen-bond acceptors (Lipinski definition) is 3. The average Bonchev–Trinajstić information content (AvgIpc) is 2.90. The van der Waals surface area contributed by atoms with Gasteiger partial charge in [-0.2, -0.15) is 0 Å². The summed E-state index contributed by atoms with van der Waals surface area (Å²) in [7, 11) is 0. The second-order valence-corrected chi connectivity index (χ2v) is 7.00. The first-order valence-corrected chi connectivity index (χ1v) is 9.37. The van der Waals surface area contributed by atoms with Crippen LogP contribution in [0, 0.1) is 0 Å². The van der Waals surface area contributed by atoms with Crippen LogP contribution >= 0.6 is 0 Å². The van der Waals surface area contributed by atoms with E-state index in [4.69, 9.17) is 0 Å². The molecule has 0 aliphatic carbocycles. The molecule has 0 fully saturated rings. The number of pyridine rings is 1. The van der Waals surface area contributed by atoms with E-state index in [9.17, 15) is 14.4 Å². The van der Waals surface area contributed by atoms with E-state index in [1.165, 1.54) is 6.20 Å². The summed E-state index contributed by atoms with van der Waals surface area (Å²) in [5.74, 6) is -0.493. The molecule has 6 heteroatoms. The van der Waals surface area contributed by atoms with Gasteiger partial charge in [0.1, 0.15) is 5.56 Å². The molecule has 2 aromatic carbocycles. The van der Waals surface area contributed by atoms with Crippen molar-refractivity contribution in [1.29, 1.82) is 0 Å². The van der Waals surface area contributed by atoms with E-state index >= 15 is 0 Å². The van der Waals surface area contributed by atoms with Crippen molar-refractivity contribution in [3.63, 3.8) is 0 Å². The van der Waals surface area contributed by atoms with E-state index in [2.05, 4.69) is 10.3 Å². The van der Waals surface area contributed by atoms with Gasteiger partial charge in [0.15, 0.2) is 0 Å². The lowest BCUT2D eigenvalue weighted by molar-refractivity contribution is -0.116. The molecular weight excluding hydrogens is 354 g/mol. The number of nitrogens with zero attached hydrogens (tertiary/aromatic N) is 1. The Balaban J connectivity index is 1.66. The van der Waals surface area contributed by atoms with Gasteiger partial charge in [-0.1, -0.05) is 18.2 Å². The molecule has 3 aromatic rings. The standard InChI is InChI=1S/C22H21N3O3/c1-14(26)25-11-5-4-6-15-9-10-16(12-20(15)25)24-22(28)18-13-23-19-8-3-2-7-17(19)21(18)27/h2-3,7-10,12-13H,4-6,11H2,1H3,(H,23,27)(H,24,28). The number of aromatic nitrogens is 1. The molecule has 1 aliphatic heterocycles. The number of carbonyl (C=O) groups is 2. The summed E-state index contributed by atoms with van der Waals surface area (Å²) in [6, 6.07) is 12.7. The van der Waals surface area contributed by atoms with Gasteiger partial charge in [-0.25, -0.2) is 0 Å². The van der Waals surface area contributed by atoms with Crippen molar-refractivity contribution >= 4 is 34.1 Å². The quantitative estimate of drug-likeness (QED) is 0.719. The number of para-hydroxylation sites is 1. The third kappa shape index (κ3) is 3.29. The van der Waals surface area contributed by atoms with Crippen LogP contribution in [0.25, 0.3) is 10.9 Å². The van der Waals surface area contributed by atoms with Gasteiger partial charge in [0, 0.05) is 41.9 Å². The number of nitrogens with one attached hydrogen (secondary N) is 2. The Hall–Kier alpha value is -3.41. The van der Waals surface area contributed by atoms with E-state index in [1.807, 2.05) is 24.3 Å². The molecular formula is C22H21N3O3. The van der Waals surface area contributed by atoms with Gasteiger partial charge in [0.05, 0.1) is 0 Å². The van der Waals surface area contributed by atoms with Crippen LogP contribution in [0.1, 0.15) is 35.7 Å². The zero-order valence-electron chi connectivity index (χ0n) is 15.6. The Labute approximate surface area is 162 Å². The highest BCUT2D eigenvalue weighted by Crippen LogP contribution is 2.29. The molecule has 0 saturated carbocycles. The Morgan fingerprint density at radius 2 is 1.93 bits per heavy atom. The number of amides is 2. The molecule has 0 bridgehead atoms. The zero-order valence-corrected chi connectivity index (χ0v) is 15.6. The summed E-state index contributed by atoms with van der Waals surface area (Å²) in [6.45, 7) is 2.22. The highest BCUT2D eigenvalue weighted by molar-refractivity contribution is 6.06. The van der Waals surface area contributed by atoms with Crippen molar-refractivity contribution < 1.29 is 9.59 Å². The Morgan fingerprint density at radius 3 is 2.75 bits per heavy atom. The van der Waals surface area contributed by atoms with E-state index in [-0.39, 0.29) is 16.9 Å². The van der Waals surface area contributed by atoms with E-state index in [0.717, 1.165) is 30.5 Å². The monoisotopic (exact) mass is 375 g/mol. The molecule has 2 amide bonds. The van der Waals surface area contributed by atoms with Crippen LogP contribution < -0.4 is 15.6 Å². The minimum Gasteiger partial charge on any atom is -0.360 e. The first-order valence-electron chi connectivity index (χ1n) is 9.37. The van der Waals surface area contributed by atoms with Crippen LogP contribution in [0.2, 0.25) is 0 Å². The number of carbonyl (C=O) groups excluding carboxylic acids is 2. The number of anilines is 2. The molecule has 142 valence electrons. The number of aryl methyl sites for hydroxylation is 1. The van der Waals surface area contributed by atoms with Gasteiger partial charge in [0.25, 0.3) is 5.91 Å². The SMILES string of the molecule is CC(=O)N1CCCCc2ccc(NC(=O)c3c[nH]c4ccccc4c3=O)cc21. The summed E-state index contributed by atoms with van der Waals surface area (Å²) < 4.78 is 0. The van der Waals surface area contributed by atoms with Crippen molar-refractivity contribution in [2.45, 2.75) is 26.2 Å². The number of fused-ring (bicyclic) bond motifs is 2. The third-order valence-electron chi connectivity index (χ3n) is 5.12. The molecule has 0 saturated heterocycles. The molecule has 1 aliphatic rings. The smallest absolute Gasteiger partial charge is 0.261 e. The van der Waals surface area contributed by atoms with E-state index < -0.39 is 5.91 Å². The van der Waals surface area contributed by atoms with Gasteiger partial charge in [-0.15, -0.1) is 0 Å². The fourth-order valence-electron chi connectivity index (χ4n) is 3.67. The van der Waals surface area contributed by atoms with Gasteiger partial charge in [-0.05, 0) is 49.1 Å². The zero-order chi connectivity index (χ0) is 19.7. The number of rotatable bonds is 2. The van der Waals surface area contributed by atoms with Crippen LogP contribution in [0.4, 0.5) is 11.4 Å². The molecule has 28 heavy (non-hydrogen) atoms. The molecule has 0 unspecified atom stereocenters. The first-order chi connectivity index (χ1) is 13.5. The average molecular weight is 375 g/mol. The third-order valence-corrected chi connectivity index (χ3v) is 5.12. The molecule has 0 radical (unpaired) electrons. The summed E-state index contributed by atoms with van der Waals surface area (Å²) >= 11 is 0. The molecule has 0 atom stereocenters. The Morgan fingerprint density at radius 1 is 1.11 bits per heavy atom.